The Morgan fingerprint density at radius 2 is 1.89 bits per heavy atom. The van der Waals surface area contributed by atoms with Gasteiger partial charge in [0.25, 0.3) is 0 Å². The number of ether oxygens (including phenoxy) is 1. The fraction of sp³-hybridized carbons (Fsp3) is 0.833. The Morgan fingerprint density at radius 1 is 1.22 bits per heavy atom. The summed E-state index contributed by atoms with van der Waals surface area (Å²) in [7, 11) is 1.72. The van der Waals surface area contributed by atoms with Crippen LogP contribution in [0, 0.1) is 5.92 Å². The van der Waals surface area contributed by atoms with E-state index in [4.69, 9.17) is 4.74 Å². The second kappa shape index (κ2) is 8.74. The summed E-state index contributed by atoms with van der Waals surface area (Å²) in [6, 6.07) is 0. The summed E-state index contributed by atoms with van der Waals surface area (Å²) in [6.45, 7) is 5.38. The van der Waals surface area contributed by atoms with E-state index in [0.717, 1.165) is 32.0 Å². The predicted octanol–water partition coefficient (Wildman–Crippen LogP) is -0.286. The summed E-state index contributed by atoms with van der Waals surface area (Å²) in [5.41, 5.74) is 0. The van der Waals surface area contributed by atoms with Crippen LogP contribution in [0.4, 0.5) is 0 Å². The van der Waals surface area contributed by atoms with E-state index in [-0.39, 0.29) is 11.8 Å². The summed E-state index contributed by atoms with van der Waals surface area (Å²) in [5, 5.41) is 9.15. The van der Waals surface area contributed by atoms with Gasteiger partial charge in [0.15, 0.2) is 5.96 Å². The molecule has 0 aromatic heterocycles. The van der Waals surface area contributed by atoms with Crippen molar-refractivity contribution in [2.24, 2.45) is 10.9 Å². The van der Waals surface area contributed by atoms with E-state index < -0.39 is 0 Å². The fourth-order valence-corrected chi connectivity index (χ4v) is 1.46. The molecule has 3 N–H and O–H groups in total. The van der Waals surface area contributed by atoms with Crippen LogP contribution in [0.25, 0.3) is 0 Å². The van der Waals surface area contributed by atoms with Gasteiger partial charge in [0.05, 0.1) is 6.61 Å². The monoisotopic (exact) mass is 256 g/mol. The minimum Gasteiger partial charge on any atom is -0.380 e. The smallest absolute Gasteiger partial charge is 0.223 e. The number of nitrogens with zero attached hydrogens (tertiary/aromatic N) is 1. The molecule has 1 amide bonds. The highest BCUT2D eigenvalue weighted by molar-refractivity contribution is 5.81. The summed E-state index contributed by atoms with van der Waals surface area (Å²) < 4.78 is 5.22. The zero-order chi connectivity index (χ0) is 13.2. The molecule has 1 saturated carbocycles. The van der Waals surface area contributed by atoms with E-state index in [1.54, 1.807) is 7.05 Å². The Balaban J connectivity index is 1.99. The van der Waals surface area contributed by atoms with Gasteiger partial charge in [-0.25, -0.2) is 0 Å². The van der Waals surface area contributed by atoms with Crippen molar-refractivity contribution in [1.82, 2.24) is 16.0 Å². The number of hydrogen-bond donors (Lipinski definition) is 3. The first kappa shape index (κ1) is 14.8. The first-order chi connectivity index (χ1) is 8.77. The summed E-state index contributed by atoms with van der Waals surface area (Å²) in [5.74, 6) is 1.18. The molecule has 6 heteroatoms. The van der Waals surface area contributed by atoms with Gasteiger partial charge in [-0.05, 0) is 19.8 Å². The van der Waals surface area contributed by atoms with Crippen molar-refractivity contribution < 1.29 is 9.53 Å². The number of rotatable bonds is 8. The molecular weight excluding hydrogens is 232 g/mol. The quantitative estimate of drug-likeness (QED) is 0.317. The molecule has 1 fully saturated rings. The molecule has 0 aromatic rings. The molecule has 0 heterocycles. The Bertz CT molecular complexity index is 277. The maximum Gasteiger partial charge on any atom is 0.223 e. The van der Waals surface area contributed by atoms with Gasteiger partial charge in [-0.15, -0.1) is 0 Å². The second-order valence-electron chi connectivity index (χ2n) is 4.19. The van der Waals surface area contributed by atoms with Crippen molar-refractivity contribution in [3.8, 4) is 0 Å². The third-order valence-corrected chi connectivity index (χ3v) is 2.63. The molecule has 0 saturated heterocycles. The van der Waals surface area contributed by atoms with E-state index >= 15 is 0 Å². The molecule has 6 nitrogen and oxygen atoms in total. The van der Waals surface area contributed by atoms with Crippen LogP contribution in [0.2, 0.25) is 0 Å². The first-order valence-electron chi connectivity index (χ1n) is 6.58. The Hall–Kier alpha value is -1.30. The lowest BCUT2D eigenvalue weighted by atomic mass is 10.4. The molecule has 1 rings (SSSR count). The van der Waals surface area contributed by atoms with Crippen LogP contribution in [0.1, 0.15) is 19.8 Å². The van der Waals surface area contributed by atoms with E-state index in [2.05, 4.69) is 20.9 Å². The largest absolute Gasteiger partial charge is 0.380 e. The average Bonchev–Trinajstić information content (AvgIpc) is 3.21. The molecule has 0 aliphatic heterocycles. The van der Waals surface area contributed by atoms with Gasteiger partial charge in [0, 0.05) is 39.2 Å². The van der Waals surface area contributed by atoms with Crippen molar-refractivity contribution in [3.05, 3.63) is 0 Å². The van der Waals surface area contributed by atoms with Gasteiger partial charge in [0.2, 0.25) is 5.91 Å². The zero-order valence-corrected chi connectivity index (χ0v) is 11.3. The Labute approximate surface area is 109 Å². The van der Waals surface area contributed by atoms with Crippen LogP contribution in [-0.2, 0) is 9.53 Å². The average molecular weight is 256 g/mol. The number of carbonyl (C=O) groups is 1. The van der Waals surface area contributed by atoms with Crippen LogP contribution in [0.3, 0.4) is 0 Å². The number of nitrogens with one attached hydrogen (secondary N) is 3. The minimum absolute atomic E-state index is 0.177. The molecule has 0 unspecified atom stereocenters. The van der Waals surface area contributed by atoms with Gasteiger partial charge in [-0.3, -0.25) is 9.79 Å². The highest BCUT2D eigenvalue weighted by atomic mass is 16.5. The van der Waals surface area contributed by atoms with Crippen molar-refractivity contribution in [2.75, 3.05) is 39.9 Å². The third kappa shape index (κ3) is 6.44. The van der Waals surface area contributed by atoms with Gasteiger partial charge >= 0.3 is 0 Å². The van der Waals surface area contributed by atoms with Crippen LogP contribution in [-0.4, -0.2) is 51.8 Å². The van der Waals surface area contributed by atoms with Crippen molar-refractivity contribution in [3.63, 3.8) is 0 Å². The molecule has 0 aromatic carbocycles. The first-order valence-corrected chi connectivity index (χ1v) is 6.58. The Morgan fingerprint density at radius 3 is 2.50 bits per heavy atom. The number of guanidine groups is 1. The second-order valence-corrected chi connectivity index (χ2v) is 4.19. The molecule has 1 aliphatic carbocycles. The molecule has 18 heavy (non-hydrogen) atoms. The van der Waals surface area contributed by atoms with Crippen LogP contribution in [0.15, 0.2) is 4.99 Å². The van der Waals surface area contributed by atoms with Crippen LogP contribution in [0.5, 0.6) is 0 Å². The lowest BCUT2D eigenvalue weighted by Crippen LogP contribution is -2.42. The van der Waals surface area contributed by atoms with Crippen molar-refractivity contribution in [2.45, 2.75) is 19.8 Å². The SMILES string of the molecule is CCOCCNC(=NC)NCCNC(=O)C1CC1. The number of amides is 1. The van der Waals surface area contributed by atoms with Crippen LogP contribution >= 0.6 is 0 Å². The fourth-order valence-electron chi connectivity index (χ4n) is 1.46. The molecule has 0 spiro atoms. The maximum atomic E-state index is 11.4. The summed E-state index contributed by atoms with van der Waals surface area (Å²) in [6.07, 6.45) is 2.08. The molecular formula is C12H24N4O2. The number of aliphatic imine (C=N–C) groups is 1. The maximum absolute atomic E-state index is 11.4. The van der Waals surface area contributed by atoms with E-state index in [9.17, 15) is 4.79 Å². The number of carbonyl (C=O) groups excluding carboxylic acids is 1. The molecule has 0 atom stereocenters. The standard InChI is InChI=1S/C12H24N4O2/c1-3-18-9-8-16-12(13-2)15-7-6-14-11(17)10-4-5-10/h10H,3-9H2,1-2H3,(H,14,17)(H2,13,15,16). The minimum atomic E-state index is 0.177. The molecule has 0 radical (unpaired) electrons. The molecule has 0 bridgehead atoms. The van der Waals surface area contributed by atoms with E-state index in [1.807, 2.05) is 6.92 Å². The lowest BCUT2D eigenvalue weighted by Gasteiger charge is -2.12. The van der Waals surface area contributed by atoms with E-state index in [1.165, 1.54) is 0 Å². The number of hydrogen-bond acceptors (Lipinski definition) is 3. The Kier molecular flexibility index (Phi) is 7.17. The zero-order valence-electron chi connectivity index (χ0n) is 11.3. The highest BCUT2D eigenvalue weighted by Crippen LogP contribution is 2.28. The van der Waals surface area contributed by atoms with Crippen LogP contribution < -0.4 is 16.0 Å². The summed E-state index contributed by atoms with van der Waals surface area (Å²) >= 11 is 0. The van der Waals surface area contributed by atoms with Crippen molar-refractivity contribution >= 4 is 11.9 Å². The predicted molar refractivity (Wildman–Crippen MR) is 71.6 cm³/mol. The topological polar surface area (TPSA) is 74.8 Å². The van der Waals surface area contributed by atoms with Gasteiger partial charge in [-0.2, -0.15) is 0 Å². The highest BCUT2D eigenvalue weighted by Gasteiger charge is 2.28. The van der Waals surface area contributed by atoms with E-state index in [0.29, 0.717) is 19.7 Å². The third-order valence-electron chi connectivity index (χ3n) is 2.63. The lowest BCUT2D eigenvalue weighted by molar-refractivity contribution is -0.122. The van der Waals surface area contributed by atoms with Gasteiger partial charge < -0.3 is 20.7 Å². The van der Waals surface area contributed by atoms with Gasteiger partial charge in [-0.1, -0.05) is 0 Å². The molecule has 104 valence electrons. The molecule has 1 aliphatic rings. The van der Waals surface area contributed by atoms with Gasteiger partial charge in [0.1, 0.15) is 0 Å². The summed E-state index contributed by atoms with van der Waals surface area (Å²) in [4.78, 5) is 15.4. The van der Waals surface area contributed by atoms with Crippen molar-refractivity contribution in [1.29, 1.82) is 0 Å². The normalized spacial score (nSPS) is 15.3.